The van der Waals surface area contributed by atoms with Crippen LogP contribution >= 0.6 is 0 Å². The van der Waals surface area contributed by atoms with Gasteiger partial charge in [-0.25, -0.2) is 4.98 Å². The summed E-state index contributed by atoms with van der Waals surface area (Å²) in [5, 5.41) is 10.3. The molecule has 0 fully saturated rings. The number of nitrogens with zero attached hydrogens (tertiary/aromatic N) is 2. The Morgan fingerprint density at radius 3 is 2.50 bits per heavy atom. The van der Waals surface area contributed by atoms with Gasteiger partial charge >= 0.3 is 0 Å². The zero-order valence-corrected chi connectivity index (χ0v) is 10.6. The van der Waals surface area contributed by atoms with E-state index in [4.69, 9.17) is 4.74 Å². The lowest BCUT2D eigenvalue weighted by molar-refractivity contribution is -0.107. The highest BCUT2D eigenvalue weighted by atomic mass is 16.5. The van der Waals surface area contributed by atoms with Gasteiger partial charge in [0.2, 0.25) is 0 Å². The fourth-order valence-corrected chi connectivity index (χ4v) is 2.10. The van der Waals surface area contributed by atoms with Gasteiger partial charge in [-0.1, -0.05) is 13.8 Å². The molecular formula is C12H22N2O2. The lowest BCUT2D eigenvalue weighted by Gasteiger charge is -2.35. The maximum atomic E-state index is 10.3. The quantitative estimate of drug-likeness (QED) is 0.800. The van der Waals surface area contributed by atoms with Gasteiger partial charge in [-0.3, -0.25) is 0 Å². The molecule has 0 radical (unpaired) electrons. The highest BCUT2D eigenvalue weighted by molar-refractivity contribution is 4.98. The van der Waals surface area contributed by atoms with E-state index in [0.717, 1.165) is 18.7 Å². The first-order valence-electron chi connectivity index (χ1n) is 5.79. The number of imidazole rings is 1. The van der Waals surface area contributed by atoms with Gasteiger partial charge in [0.15, 0.2) is 0 Å². The molecule has 1 heterocycles. The Morgan fingerprint density at radius 1 is 1.50 bits per heavy atom. The second-order valence-electron chi connectivity index (χ2n) is 4.15. The molecule has 92 valence electrons. The highest BCUT2D eigenvalue weighted by Crippen LogP contribution is 2.26. The molecule has 0 aliphatic carbocycles. The maximum absolute atomic E-state index is 10.3. The number of ether oxygens (including phenoxy) is 1. The van der Waals surface area contributed by atoms with Crippen LogP contribution in [0.25, 0.3) is 0 Å². The van der Waals surface area contributed by atoms with E-state index in [2.05, 4.69) is 4.98 Å². The Hall–Kier alpha value is -0.870. The molecule has 1 aromatic heterocycles. The number of hydrogen-bond donors (Lipinski definition) is 1. The molecule has 0 spiro atoms. The van der Waals surface area contributed by atoms with E-state index >= 15 is 0 Å². The van der Waals surface area contributed by atoms with Crippen molar-refractivity contribution in [2.45, 2.75) is 44.8 Å². The number of aryl methyl sites for hydroxylation is 1. The number of aliphatic hydroxyl groups excluding tert-OH is 1. The zero-order valence-electron chi connectivity index (χ0n) is 10.6. The van der Waals surface area contributed by atoms with E-state index in [9.17, 15) is 5.11 Å². The molecule has 0 saturated heterocycles. The molecule has 1 rings (SSSR count). The van der Waals surface area contributed by atoms with E-state index in [1.54, 1.807) is 13.3 Å². The molecule has 4 heteroatoms. The van der Waals surface area contributed by atoms with Crippen LogP contribution in [0.1, 0.15) is 32.5 Å². The Bertz CT molecular complexity index is 310. The van der Waals surface area contributed by atoms with Crippen molar-refractivity contribution in [2.24, 2.45) is 7.05 Å². The molecule has 0 amide bonds. The molecule has 0 aliphatic heterocycles. The van der Waals surface area contributed by atoms with Crippen molar-refractivity contribution in [1.29, 1.82) is 0 Å². The number of hydrogen-bond acceptors (Lipinski definition) is 3. The van der Waals surface area contributed by atoms with Crippen LogP contribution in [0.5, 0.6) is 0 Å². The Labute approximate surface area is 97.3 Å². The number of methoxy groups -OCH3 is 1. The van der Waals surface area contributed by atoms with Gasteiger partial charge in [0.05, 0.1) is 11.7 Å². The molecule has 0 aromatic carbocycles. The summed E-state index contributed by atoms with van der Waals surface area (Å²) in [5.74, 6) is 0.885. The van der Waals surface area contributed by atoms with Crippen molar-refractivity contribution < 1.29 is 9.84 Å². The molecule has 4 nitrogen and oxygen atoms in total. The van der Waals surface area contributed by atoms with Crippen LogP contribution in [0.15, 0.2) is 12.4 Å². The average Bonchev–Trinajstić information content (AvgIpc) is 2.68. The summed E-state index contributed by atoms with van der Waals surface area (Å²) in [6.45, 7) is 4.07. The van der Waals surface area contributed by atoms with E-state index in [0.29, 0.717) is 6.42 Å². The second kappa shape index (κ2) is 5.46. The van der Waals surface area contributed by atoms with Gasteiger partial charge in [-0.2, -0.15) is 0 Å². The van der Waals surface area contributed by atoms with Crippen LogP contribution in [0.2, 0.25) is 0 Å². The average molecular weight is 226 g/mol. The van der Waals surface area contributed by atoms with Crippen LogP contribution in [0, 0.1) is 0 Å². The third-order valence-electron chi connectivity index (χ3n) is 3.51. The van der Waals surface area contributed by atoms with Gasteiger partial charge in [0.1, 0.15) is 5.82 Å². The Morgan fingerprint density at radius 2 is 2.12 bits per heavy atom. The largest absolute Gasteiger partial charge is 0.390 e. The minimum absolute atomic E-state index is 0.452. The summed E-state index contributed by atoms with van der Waals surface area (Å²) in [5.41, 5.74) is -0.452. The number of aliphatic hydroxyl groups is 1. The minimum Gasteiger partial charge on any atom is -0.390 e. The Balaban J connectivity index is 2.77. The van der Waals surface area contributed by atoms with Crippen LogP contribution in [0.4, 0.5) is 0 Å². The van der Waals surface area contributed by atoms with Crippen LogP contribution in [-0.2, 0) is 18.2 Å². The topological polar surface area (TPSA) is 47.3 Å². The van der Waals surface area contributed by atoms with E-state index < -0.39 is 11.7 Å². The predicted molar refractivity (Wildman–Crippen MR) is 63.2 cm³/mol. The standard InChI is InChI=1S/C12H22N2O2/c1-5-12(6-2,16-4)10(15)9-11-13-7-8-14(11)3/h7-8,10,15H,5-6,9H2,1-4H3. The predicted octanol–water partition coefficient (Wildman–Crippen LogP) is 1.53. The van der Waals surface area contributed by atoms with Crippen molar-refractivity contribution in [3.63, 3.8) is 0 Å². The minimum atomic E-state index is -0.520. The van der Waals surface area contributed by atoms with E-state index in [1.165, 1.54) is 0 Å². The molecule has 1 unspecified atom stereocenters. The van der Waals surface area contributed by atoms with Crippen LogP contribution in [0.3, 0.4) is 0 Å². The Kier molecular flexibility index (Phi) is 4.50. The number of aromatic nitrogens is 2. The van der Waals surface area contributed by atoms with Crippen molar-refractivity contribution in [1.82, 2.24) is 9.55 Å². The summed E-state index contributed by atoms with van der Waals surface area (Å²) >= 11 is 0. The van der Waals surface area contributed by atoms with Gasteiger partial charge in [-0.05, 0) is 12.8 Å². The lowest BCUT2D eigenvalue weighted by Crippen LogP contribution is -2.44. The molecule has 1 N–H and O–H groups in total. The fourth-order valence-electron chi connectivity index (χ4n) is 2.10. The summed E-state index contributed by atoms with van der Waals surface area (Å²) in [7, 11) is 3.59. The SMILES string of the molecule is CCC(CC)(OC)C(O)Cc1nccn1C. The second-order valence-corrected chi connectivity index (χ2v) is 4.15. The first-order chi connectivity index (χ1) is 7.59. The molecule has 1 aromatic rings. The monoisotopic (exact) mass is 226 g/mol. The maximum Gasteiger partial charge on any atom is 0.111 e. The first kappa shape index (κ1) is 13.2. The molecule has 0 saturated carbocycles. The van der Waals surface area contributed by atoms with Crippen molar-refractivity contribution in [3.8, 4) is 0 Å². The van der Waals surface area contributed by atoms with Crippen LogP contribution in [-0.4, -0.2) is 33.5 Å². The molecule has 16 heavy (non-hydrogen) atoms. The van der Waals surface area contributed by atoms with Gasteiger partial charge < -0.3 is 14.4 Å². The third-order valence-corrected chi connectivity index (χ3v) is 3.51. The summed E-state index contributed by atoms with van der Waals surface area (Å²) in [6.07, 6.45) is 5.23. The summed E-state index contributed by atoms with van der Waals surface area (Å²) in [6, 6.07) is 0. The molecule has 0 aliphatic rings. The molecule has 1 atom stereocenters. The van der Waals surface area contributed by atoms with E-state index in [1.807, 2.05) is 31.7 Å². The van der Waals surface area contributed by atoms with E-state index in [-0.39, 0.29) is 0 Å². The summed E-state index contributed by atoms with van der Waals surface area (Å²) < 4.78 is 7.43. The van der Waals surface area contributed by atoms with Gasteiger partial charge in [-0.15, -0.1) is 0 Å². The van der Waals surface area contributed by atoms with Crippen molar-refractivity contribution in [2.75, 3.05) is 7.11 Å². The van der Waals surface area contributed by atoms with Gasteiger partial charge in [0, 0.05) is 33.0 Å². The zero-order chi connectivity index (χ0) is 12.2. The smallest absolute Gasteiger partial charge is 0.111 e. The third kappa shape index (κ3) is 2.44. The van der Waals surface area contributed by atoms with Crippen molar-refractivity contribution >= 4 is 0 Å². The van der Waals surface area contributed by atoms with Crippen LogP contribution < -0.4 is 0 Å². The highest BCUT2D eigenvalue weighted by Gasteiger charge is 2.35. The fraction of sp³-hybridized carbons (Fsp3) is 0.750. The number of rotatable bonds is 6. The normalized spacial score (nSPS) is 14.1. The first-order valence-corrected chi connectivity index (χ1v) is 5.79. The van der Waals surface area contributed by atoms with Crippen molar-refractivity contribution in [3.05, 3.63) is 18.2 Å². The molecule has 0 bridgehead atoms. The van der Waals surface area contributed by atoms with Gasteiger partial charge in [0.25, 0.3) is 0 Å². The lowest BCUT2D eigenvalue weighted by atomic mass is 9.88. The summed E-state index contributed by atoms with van der Waals surface area (Å²) in [4.78, 5) is 4.22. The molecular weight excluding hydrogens is 204 g/mol.